The van der Waals surface area contributed by atoms with Gasteiger partial charge < -0.3 is 15.7 Å². The lowest BCUT2D eigenvalue weighted by molar-refractivity contribution is 0.227. The number of aliphatic hydroxyl groups excluding tert-OH is 1. The van der Waals surface area contributed by atoms with Crippen molar-refractivity contribution in [1.82, 2.24) is 10.6 Å². The predicted octanol–water partition coefficient (Wildman–Crippen LogP) is 2.56. The molecule has 0 aliphatic carbocycles. The molecule has 2 unspecified atom stereocenters. The molecule has 0 saturated heterocycles. The Labute approximate surface area is 121 Å². The number of aliphatic hydroxyl groups is 1. The molecule has 0 fully saturated rings. The van der Waals surface area contributed by atoms with E-state index in [1.165, 1.54) is 11.1 Å². The molecule has 0 aliphatic heterocycles. The number of amides is 2. The number of rotatable bonds is 7. The fourth-order valence-corrected chi connectivity index (χ4v) is 2.11. The van der Waals surface area contributed by atoms with Crippen molar-refractivity contribution in [2.24, 2.45) is 0 Å². The monoisotopic (exact) mass is 278 g/mol. The van der Waals surface area contributed by atoms with Crippen LogP contribution in [0.4, 0.5) is 4.79 Å². The number of hydrogen-bond donors (Lipinski definition) is 3. The summed E-state index contributed by atoms with van der Waals surface area (Å²) in [5.41, 5.74) is 2.46. The second-order valence-corrected chi connectivity index (χ2v) is 5.29. The Balaban J connectivity index is 2.40. The zero-order chi connectivity index (χ0) is 15.0. The van der Waals surface area contributed by atoms with Crippen LogP contribution in [0.3, 0.4) is 0 Å². The summed E-state index contributed by atoms with van der Waals surface area (Å²) in [4.78, 5) is 11.8. The van der Waals surface area contributed by atoms with Gasteiger partial charge in [-0.3, -0.25) is 0 Å². The highest BCUT2D eigenvalue weighted by atomic mass is 16.3. The molecule has 112 valence electrons. The van der Waals surface area contributed by atoms with E-state index in [-0.39, 0.29) is 24.6 Å². The van der Waals surface area contributed by atoms with Crippen LogP contribution >= 0.6 is 0 Å². The minimum absolute atomic E-state index is 0.0364. The maximum Gasteiger partial charge on any atom is 0.315 e. The Bertz CT molecular complexity index is 421. The predicted molar refractivity (Wildman–Crippen MR) is 81.9 cm³/mol. The minimum Gasteiger partial charge on any atom is -0.396 e. The van der Waals surface area contributed by atoms with Gasteiger partial charge in [-0.05, 0) is 31.2 Å². The number of aryl methyl sites for hydroxylation is 1. The van der Waals surface area contributed by atoms with Crippen LogP contribution in [0.15, 0.2) is 24.3 Å². The van der Waals surface area contributed by atoms with Gasteiger partial charge in [-0.15, -0.1) is 0 Å². The van der Waals surface area contributed by atoms with E-state index in [1.54, 1.807) is 0 Å². The van der Waals surface area contributed by atoms with Crippen molar-refractivity contribution in [3.63, 3.8) is 0 Å². The molecule has 0 spiro atoms. The standard InChI is InChI=1S/C16H26N2O2/c1-4-15(8-9-19)18-16(20)17-11-13(3)14-7-5-6-12(2)10-14/h5-7,10,13,15,19H,4,8-9,11H2,1-3H3,(H2,17,18,20). The average Bonchev–Trinajstić information content (AvgIpc) is 2.44. The van der Waals surface area contributed by atoms with Crippen LogP contribution in [-0.2, 0) is 0 Å². The Kier molecular flexibility index (Phi) is 7.09. The first-order chi connectivity index (χ1) is 9.56. The van der Waals surface area contributed by atoms with Gasteiger partial charge in [-0.25, -0.2) is 4.79 Å². The average molecular weight is 278 g/mol. The third kappa shape index (κ3) is 5.61. The van der Waals surface area contributed by atoms with Crippen molar-refractivity contribution in [3.8, 4) is 0 Å². The van der Waals surface area contributed by atoms with E-state index in [0.29, 0.717) is 13.0 Å². The number of hydrogen-bond acceptors (Lipinski definition) is 2. The molecule has 0 aliphatic rings. The number of carbonyl (C=O) groups excluding carboxylic acids is 1. The summed E-state index contributed by atoms with van der Waals surface area (Å²) in [6.45, 7) is 6.86. The Hall–Kier alpha value is -1.55. The molecule has 0 bridgehead atoms. The second-order valence-electron chi connectivity index (χ2n) is 5.29. The van der Waals surface area contributed by atoms with Crippen molar-refractivity contribution >= 4 is 6.03 Å². The summed E-state index contributed by atoms with van der Waals surface area (Å²) in [6.07, 6.45) is 1.42. The zero-order valence-electron chi connectivity index (χ0n) is 12.6. The smallest absolute Gasteiger partial charge is 0.315 e. The molecule has 0 aromatic heterocycles. The normalized spacial score (nSPS) is 13.6. The van der Waals surface area contributed by atoms with Crippen LogP contribution in [0, 0.1) is 6.92 Å². The molecule has 0 saturated carbocycles. The van der Waals surface area contributed by atoms with Gasteiger partial charge in [-0.2, -0.15) is 0 Å². The lowest BCUT2D eigenvalue weighted by atomic mass is 9.99. The maximum absolute atomic E-state index is 11.8. The molecule has 1 rings (SSSR count). The first-order valence-corrected chi connectivity index (χ1v) is 7.28. The van der Waals surface area contributed by atoms with E-state index in [9.17, 15) is 4.79 Å². The highest BCUT2D eigenvalue weighted by molar-refractivity contribution is 5.74. The van der Waals surface area contributed by atoms with Crippen molar-refractivity contribution in [1.29, 1.82) is 0 Å². The second kappa shape index (κ2) is 8.59. The fourth-order valence-electron chi connectivity index (χ4n) is 2.11. The first-order valence-electron chi connectivity index (χ1n) is 7.28. The van der Waals surface area contributed by atoms with Gasteiger partial charge in [-0.1, -0.05) is 43.7 Å². The Morgan fingerprint density at radius 3 is 2.75 bits per heavy atom. The molecule has 4 heteroatoms. The van der Waals surface area contributed by atoms with Gasteiger partial charge in [0.15, 0.2) is 0 Å². The third-order valence-electron chi connectivity index (χ3n) is 3.49. The van der Waals surface area contributed by atoms with Crippen LogP contribution < -0.4 is 10.6 Å². The van der Waals surface area contributed by atoms with Crippen LogP contribution in [0.25, 0.3) is 0 Å². The Morgan fingerprint density at radius 1 is 1.40 bits per heavy atom. The molecule has 1 aromatic rings. The van der Waals surface area contributed by atoms with Crippen molar-refractivity contribution in [2.45, 2.75) is 45.6 Å². The number of urea groups is 1. The lowest BCUT2D eigenvalue weighted by Gasteiger charge is -2.18. The molecule has 1 aromatic carbocycles. The first kappa shape index (κ1) is 16.5. The van der Waals surface area contributed by atoms with Gasteiger partial charge >= 0.3 is 6.03 Å². The molecule has 2 atom stereocenters. The highest BCUT2D eigenvalue weighted by Gasteiger charge is 2.11. The summed E-state index contributed by atoms with van der Waals surface area (Å²) in [7, 11) is 0. The van der Waals surface area contributed by atoms with E-state index in [1.807, 2.05) is 13.0 Å². The Morgan fingerprint density at radius 2 is 2.15 bits per heavy atom. The lowest BCUT2D eigenvalue weighted by Crippen LogP contribution is -2.43. The molecule has 0 radical (unpaired) electrons. The quantitative estimate of drug-likeness (QED) is 0.718. The van der Waals surface area contributed by atoms with Crippen LogP contribution in [0.2, 0.25) is 0 Å². The molecule has 3 N–H and O–H groups in total. The summed E-state index contributed by atoms with van der Waals surface area (Å²) in [6, 6.07) is 8.20. The van der Waals surface area contributed by atoms with Gasteiger partial charge in [0, 0.05) is 19.2 Å². The fraction of sp³-hybridized carbons (Fsp3) is 0.562. The highest BCUT2D eigenvalue weighted by Crippen LogP contribution is 2.15. The van der Waals surface area contributed by atoms with Crippen molar-refractivity contribution < 1.29 is 9.90 Å². The number of carbonyl (C=O) groups is 1. The summed E-state index contributed by atoms with van der Waals surface area (Å²) < 4.78 is 0. The molecule has 20 heavy (non-hydrogen) atoms. The van der Waals surface area contributed by atoms with Crippen LogP contribution in [0.5, 0.6) is 0 Å². The maximum atomic E-state index is 11.8. The number of nitrogens with one attached hydrogen (secondary N) is 2. The van der Waals surface area contributed by atoms with Gasteiger partial charge in [0.1, 0.15) is 0 Å². The van der Waals surface area contributed by atoms with Crippen molar-refractivity contribution in [3.05, 3.63) is 35.4 Å². The van der Waals surface area contributed by atoms with Crippen molar-refractivity contribution in [2.75, 3.05) is 13.2 Å². The molecule has 4 nitrogen and oxygen atoms in total. The molecule has 2 amide bonds. The SMILES string of the molecule is CCC(CCO)NC(=O)NCC(C)c1cccc(C)c1. The number of benzene rings is 1. The molecular weight excluding hydrogens is 252 g/mol. The summed E-state index contributed by atoms with van der Waals surface area (Å²) >= 11 is 0. The van der Waals surface area contributed by atoms with Gasteiger partial charge in [0.2, 0.25) is 0 Å². The van der Waals surface area contributed by atoms with E-state index >= 15 is 0 Å². The van der Waals surface area contributed by atoms with E-state index in [2.05, 4.69) is 42.7 Å². The molecular formula is C16H26N2O2. The molecule has 0 heterocycles. The largest absolute Gasteiger partial charge is 0.396 e. The third-order valence-corrected chi connectivity index (χ3v) is 3.49. The van der Waals surface area contributed by atoms with E-state index in [4.69, 9.17) is 5.11 Å². The summed E-state index contributed by atoms with van der Waals surface area (Å²) in [5, 5.41) is 14.7. The van der Waals surface area contributed by atoms with Crippen LogP contribution in [-0.4, -0.2) is 30.3 Å². The minimum atomic E-state index is -0.162. The van der Waals surface area contributed by atoms with Gasteiger partial charge in [0.25, 0.3) is 0 Å². The van der Waals surface area contributed by atoms with E-state index in [0.717, 1.165) is 6.42 Å². The summed E-state index contributed by atoms with van der Waals surface area (Å²) in [5.74, 6) is 0.276. The van der Waals surface area contributed by atoms with Crippen LogP contribution in [0.1, 0.15) is 43.7 Å². The topological polar surface area (TPSA) is 61.4 Å². The zero-order valence-corrected chi connectivity index (χ0v) is 12.6. The van der Waals surface area contributed by atoms with Gasteiger partial charge in [0.05, 0.1) is 0 Å². The van der Waals surface area contributed by atoms with E-state index < -0.39 is 0 Å².